The Hall–Kier alpha value is -1.76. The molecule has 1 aliphatic rings. The Kier molecular flexibility index (Phi) is 4.86. The number of carbonyl (C=O) groups is 1. The van der Waals surface area contributed by atoms with Crippen molar-refractivity contribution in [2.75, 3.05) is 18.4 Å². The van der Waals surface area contributed by atoms with Crippen LogP contribution >= 0.6 is 0 Å². The van der Waals surface area contributed by atoms with Gasteiger partial charge in [-0.05, 0) is 45.0 Å². The summed E-state index contributed by atoms with van der Waals surface area (Å²) in [6.45, 7) is 6.76. The maximum absolute atomic E-state index is 12.6. The average molecular weight is 345 g/mol. The van der Waals surface area contributed by atoms with Crippen LogP contribution < -0.4 is 5.32 Å². The van der Waals surface area contributed by atoms with Crippen molar-refractivity contribution in [3.8, 4) is 0 Å². The molecule has 0 aliphatic carbocycles. The van der Waals surface area contributed by atoms with E-state index in [-0.39, 0.29) is 10.5 Å². The first-order valence-electron chi connectivity index (χ1n) is 8.00. The minimum atomic E-state index is -4.34. The fraction of sp³-hybridized carbons (Fsp3) is 0.588. The predicted molar refractivity (Wildman–Crippen MR) is 85.9 cm³/mol. The molecule has 1 saturated heterocycles. The molecule has 2 N–H and O–H groups in total. The summed E-state index contributed by atoms with van der Waals surface area (Å²) in [4.78, 5) is 11.8. The summed E-state index contributed by atoms with van der Waals surface area (Å²) in [5, 5.41) is 12.9. The number of nitrogens with zero attached hydrogens (tertiary/aromatic N) is 1. The topological polar surface area (TPSA) is 49.3 Å². The number of amides is 1. The van der Waals surface area contributed by atoms with Crippen molar-refractivity contribution in [1.82, 2.24) is 0 Å². The van der Waals surface area contributed by atoms with Gasteiger partial charge in [0.1, 0.15) is 5.54 Å². The first kappa shape index (κ1) is 18.6. The van der Waals surface area contributed by atoms with E-state index < -0.39 is 23.4 Å². The molecule has 4 nitrogen and oxygen atoms in total. The van der Waals surface area contributed by atoms with Gasteiger partial charge in [0.25, 0.3) is 0 Å². The van der Waals surface area contributed by atoms with Crippen molar-refractivity contribution in [3.63, 3.8) is 0 Å². The van der Waals surface area contributed by atoms with Crippen molar-refractivity contribution < 1.29 is 27.6 Å². The first-order chi connectivity index (χ1) is 11.0. The van der Waals surface area contributed by atoms with E-state index >= 15 is 0 Å². The Morgan fingerprint density at radius 2 is 1.62 bits per heavy atom. The summed E-state index contributed by atoms with van der Waals surface area (Å²) in [6.07, 6.45) is -3.85. The second-order valence-electron chi connectivity index (χ2n) is 7.36. The van der Waals surface area contributed by atoms with Crippen molar-refractivity contribution in [3.05, 3.63) is 29.8 Å². The zero-order chi connectivity index (χ0) is 18.2. The lowest BCUT2D eigenvalue weighted by Gasteiger charge is -2.47. The highest BCUT2D eigenvalue weighted by atomic mass is 19.4. The van der Waals surface area contributed by atoms with E-state index in [2.05, 4.69) is 5.32 Å². The van der Waals surface area contributed by atoms with E-state index in [9.17, 15) is 23.1 Å². The third kappa shape index (κ3) is 3.66. The third-order valence-electron chi connectivity index (χ3n) is 4.95. The molecule has 24 heavy (non-hydrogen) atoms. The summed E-state index contributed by atoms with van der Waals surface area (Å²) >= 11 is 0. The number of piperidine rings is 1. The van der Waals surface area contributed by atoms with Gasteiger partial charge in [-0.15, -0.1) is 0 Å². The number of hydrogen-bond donors (Lipinski definition) is 2. The molecule has 7 heteroatoms. The van der Waals surface area contributed by atoms with E-state index in [1.54, 1.807) is 0 Å². The number of quaternary nitrogens is 1. The molecular formula is C17H24F3N2O2+. The summed E-state index contributed by atoms with van der Waals surface area (Å²) in [6, 6.07) is 5.01. The van der Waals surface area contributed by atoms with E-state index in [4.69, 9.17) is 0 Å². The van der Waals surface area contributed by atoms with Crippen LogP contribution in [0, 0.1) is 0 Å². The number of likely N-dealkylation sites (tertiary alicyclic amines) is 1. The molecule has 1 aliphatic heterocycles. The van der Waals surface area contributed by atoms with Crippen LogP contribution in [0.25, 0.3) is 0 Å². The smallest absolute Gasteiger partial charge is 0.435 e. The van der Waals surface area contributed by atoms with Gasteiger partial charge in [0.05, 0.1) is 18.7 Å². The van der Waals surface area contributed by atoms with E-state index in [0.717, 1.165) is 12.1 Å². The second kappa shape index (κ2) is 6.27. The summed E-state index contributed by atoms with van der Waals surface area (Å²) in [5.41, 5.74) is -0.449. The number of alkyl halides is 3. The molecular weight excluding hydrogens is 321 g/mol. The number of carboxylic acid groups (broad SMARTS) is 1. The molecule has 0 radical (unpaired) electrons. The Balaban J connectivity index is 2.02. The lowest BCUT2D eigenvalue weighted by Crippen LogP contribution is -2.66. The number of rotatable bonds is 2. The number of anilines is 1. The zero-order valence-electron chi connectivity index (χ0n) is 14.2. The van der Waals surface area contributed by atoms with Gasteiger partial charge in [-0.3, -0.25) is 0 Å². The molecule has 1 amide bonds. The van der Waals surface area contributed by atoms with Crippen molar-refractivity contribution in [2.24, 2.45) is 0 Å². The van der Waals surface area contributed by atoms with Gasteiger partial charge in [0.15, 0.2) is 0 Å². The molecule has 1 fully saturated rings. The zero-order valence-corrected chi connectivity index (χ0v) is 14.2. The highest BCUT2D eigenvalue weighted by Gasteiger charge is 2.49. The highest BCUT2D eigenvalue weighted by molar-refractivity contribution is 5.57. The van der Waals surface area contributed by atoms with E-state index in [1.807, 2.05) is 20.8 Å². The molecule has 1 heterocycles. The molecule has 0 bridgehead atoms. The van der Waals surface area contributed by atoms with Crippen LogP contribution in [0.3, 0.4) is 0 Å². The van der Waals surface area contributed by atoms with Crippen LogP contribution in [0.2, 0.25) is 0 Å². The van der Waals surface area contributed by atoms with Gasteiger partial charge < -0.3 is 10.4 Å². The van der Waals surface area contributed by atoms with Crippen LogP contribution in [0.5, 0.6) is 0 Å². The van der Waals surface area contributed by atoms with Crippen LogP contribution in [-0.2, 0) is 6.18 Å². The molecule has 2 rings (SSSR count). The van der Waals surface area contributed by atoms with Gasteiger partial charge in [-0.1, -0.05) is 0 Å². The van der Waals surface area contributed by atoms with Crippen molar-refractivity contribution in [2.45, 2.75) is 51.4 Å². The van der Waals surface area contributed by atoms with Gasteiger partial charge in [-0.2, -0.15) is 18.0 Å². The molecule has 0 unspecified atom stereocenters. The van der Waals surface area contributed by atoms with Crippen LogP contribution in [0.15, 0.2) is 24.3 Å². The quantitative estimate of drug-likeness (QED) is 0.772. The first-order valence-corrected chi connectivity index (χ1v) is 8.00. The second-order valence-corrected chi connectivity index (χ2v) is 7.36. The number of nitrogens with one attached hydrogen (secondary N) is 1. The molecule has 1 aromatic carbocycles. The van der Waals surface area contributed by atoms with Crippen LogP contribution in [0.4, 0.5) is 23.7 Å². The van der Waals surface area contributed by atoms with Gasteiger partial charge in [0, 0.05) is 24.6 Å². The van der Waals surface area contributed by atoms with E-state index in [1.165, 1.54) is 12.1 Å². The Morgan fingerprint density at radius 1 is 1.12 bits per heavy atom. The van der Waals surface area contributed by atoms with Crippen LogP contribution in [-0.4, -0.2) is 40.4 Å². The average Bonchev–Trinajstić information content (AvgIpc) is 2.46. The number of hydrogen-bond acceptors (Lipinski definition) is 2. The molecule has 1 aromatic rings. The summed E-state index contributed by atoms with van der Waals surface area (Å²) in [7, 11) is 0. The lowest BCUT2D eigenvalue weighted by molar-refractivity contribution is -0.907. The van der Waals surface area contributed by atoms with Gasteiger partial charge in [-0.25, -0.2) is 4.48 Å². The van der Waals surface area contributed by atoms with Crippen LogP contribution in [0.1, 0.15) is 39.2 Å². The standard InChI is InChI=1S/C17H23F3N2O2/c1-16(2,3)22(15(23)24)10-8-14(9-11-22)21-13-6-4-12(5-7-13)17(18,19)20/h4-7,14,21H,8-11H2,1-3H3/p+1. The normalized spacial score (nSPS) is 25.3. The fourth-order valence-corrected chi connectivity index (χ4v) is 3.29. The highest BCUT2D eigenvalue weighted by Crippen LogP contribution is 2.33. The molecule has 134 valence electrons. The molecule has 0 aromatic heterocycles. The Morgan fingerprint density at radius 3 is 2.00 bits per heavy atom. The minimum Gasteiger partial charge on any atom is -0.435 e. The summed E-state index contributed by atoms with van der Waals surface area (Å²) in [5.74, 6) is 0. The predicted octanol–water partition coefficient (Wildman–Crippen LogP) is 4.57. The number of benzene rings is 1. The molecule has 0 spiro atoms. The number of halogens is 3. The Bertz CT molecular complexity index is 583. The molecule has 0 saturated carbocycles. The fourth-order valence-electron chi connectivity index (χ4n) is 3.29. The monoisotopic (exact) mass is 345 g/mol. The SMILES string of the molecule is CC(C)(C)[N+]1(C(=O)O)CCC(Nc2ccc(C(F)(F)F)cc2)CC1. The maximum Gasteiger partial charge on any atom is 0.513 e. The lowest BCUT2D eigenvalue weighted by atomic mass is 9.93. The van der Waals surface area contributed by atoms with Crippen molar-refractivity contribution in [1.29, 1.82) is 0 Å². The largest absolute Gasteiger partial charge is 0.513 e. The maximum atomic E-state index is 12.6. The third-order valence-corrected chi connectivity index (χ3v) is 4.95. The Labute approximate surface area is 139 Å². The molecule has 0 atom stereocenters. The van der Waals surface area contributed by atoms with Gasteiger partial charge in [0.2, 0.25) is 0 Å². The van der Waals surface area contributed by atoms with Crippen molar-refractivity contribution >= 4 is 11.8 Å². The minimum absolute atomic E-state index is 0.0121. The summed E-state index contributed by atoms with van der Waals surface area (Å²) < 4.78 is 37.7. The van der Waals surface area contributed by atoms with Gasteiger partial charge >= 0.3 is 12.3 Å². The van der Waals surface area contributed by atoms with E-state index in [0.29, 0.717) is 31.6 Å².